The summed E-state index contributed by atoms with van der Waals surface area (Å²) in [4.78, 5) is 0. The standard InChI is InChI=1S/C12H21NO/c1-9(2)5-6-13-10(3)7-12(8-14)11(13)4/h7,9,14H,5-6,8H2,1-4H3. The maximum Gasteiger partial charge on any atom is 0.0699 e. The molecule has 0 saturated carbocycles. The molecule has 0 fully saturated rings. The van der Waals surface area contributed by atoms with Crippen molar-refractivity contribution >= 4 is 0 Å². The SMILES string of the molecule is Cc1cc(CO)c(C)n1CCC(C)C. The van der Waals surface area contributed by atoms with E-state index in [0.717, 1.165) is 18.0 Å². The van der Waals surface area contributed by atoms with Gasteiger partial charge in [-0.05, 0) is 37.8 Å². The normalized spacial score (nSPS) is 11.3. The van der Waals surface area contributed by atoms with Crippen LogP contribution in [0.1, 0.15) is 37.2 Å². The molecule has 0 aliphatic carbocycles. The molecule has 1 rings (SSSR count). The molecule has 0 aliphatic rings. The molecule has 0 aliphatic heterocycles. The lowest BCUT2D eigenvalue weighted by molar-refractivity contribution is 0.280. The molecule has 1 heterocycles. The van der Waals surface area contributed by atoms with E-state index >= 15 is 0 Å². The average molecular weight is 195 g/mol. The van der Waals surface area contributed by atoms with Gasteiger partial charge in [0.15, 0.2) is 0 Å². The van der Waals surface area contributed by atoms with Crippen molar-refractivity contribution in [2.45, 2.75) is 47.3 Å². The highest BCUT2D eigenvalue weighted by atomic mass is 16.3. The fourth-order valence-electron chi connectivity index (χ4n) is 1.76. The number of hydrogen-bond donors (Lipinski definition) is 1. The first-order chi connectivity index (χ1) is 6.56. The van der Waals surface area contributed by atoms with E-state index in [1.165, 1.54) is 17.8 Å². The summed E-state index contributed by atoms with van der Waals surface area (Å²) in [5.74, 6) is 0.730. The maximum atomic E-state index is 9.12. The van der Waals surface area contributed by atoms with Gasteiger partial charge in [0, 0.05) is 17.9 Å². The zero-order valence-electron chi connectivity index (χ0n) is 9.67. The topological polar surface area (TPSA) is 25.2 Å². The van der Waals surface area contributed by atoms with E-state index in [9.17, 15) is 0 Å². The predicted octanol–water partition coefficient (Wildman–Crippen LogP) is 2.64. The van der Waals surface area contributed by atoms with Gasteiger partial charge in [-0.2, -0.15) is 0 Å². The molecule has 0 atom stereocenters. The minimum absolute atomic E-state index is 0.154. The van der Waals surface area contributed by atoms with Crippen molar-refractivity contribution in [1.82, 2.24) is 4.57 Å². The second-order valence-electron chi connectivity index (χ2n) is 4.39. The van der Waals surface area contributed by atoms with E-state index in [-0.39, 0.29) is 6.61 Å². The lowest BCUT2D eigenvalue weighted by atomic mass is 10.1. The van der Waals surface area contributed by atoms with Crippen molar-refractivity contribution in [3.63, 3.8) is 0 Å². The summed E-state index contributed by atoms with van der Waals surface area (Å²) in [5.41, 5.74) is 3.53. The van der Waals surface area contributed by atoms with E-state index in [1.807, 2.05) is 0 Å². The Morgan fingerprint density at radius 3 is 2.43 bits per heavy atom. The van der Waals surface area contributed by atoms with Gasteiger partial charge in [-0.1, -0.05) is 13.8 Å². The molecule has 2 heteroatoms. The summed E-state index contributed by atoms with van der Waals surface area (Å²) >= 11 is 0. The first-order valence-corrected chi connectivity index (χ1v) is 5.32. The lowest BCUT2D eigenvalue weighted by Crippen LogP contribution is -2.05. The smallest absolute Gasteiger partial charge is 0.0699 e. The third-order valence-electron chi connectivity index (χ3n) is 2.78. The first-order valence-electron chi connectivity index (χ1n) is 5.32. The Balaban J connectivity index is 2.80. The van der Waals surface area contributed by atoms with Gasteiger partial charge in [0.05, 0.1) is 6.61 Å². The van der Waals surface area contributed by atoms with Gasteiger partial charge in [-0.3, -0.25) is 0 Å². The van der Waals surface area contributed by atoms with Crippen LogP contribution in [0, 0.1) is 19.8 Å². The Bertz CT molecular complexity index is 300. The third-order valence-corrected chi connectivity index (χ3v) is 2.78. The monoisotopic (exact) mass is 195 g/mol. The van der Waals surface area contributed by atoms with E-state index in [1.54, 1.807) is 0 Å². The highest BCUT2D eigenvalue weighted by molar-refractivity contribution is 5.25. The van der Waals surface area contributed by atoms with Crippen LogP contribution in [0.5, 0.6) is 0 Å². The van der Waals surface area contributed by atoms with Crippen molar-refractivity contribution in [2.24, 2.45) is 5.92 Å². The quantitative estimate of drug-likeness (QED) is 0.785. The van der Waals surface area contributed by atoms with Crippen LogP contribution in [-0.4, -0.2) is 9.67 Å². The van der Waals surface area contributed by atoms with Crippen LogP contribution in [0.4, 0.5) is 0 Å². The Kier molecular flexibility index (Phi) is 3.76. The van der Waals surface area contributed by atoms with Crippen molar-refractivity contribution in [2.75, 3.05) is 0 Å². The predicted molar refractivity (Wildman–Crippen MR) is 59.3 cm³/mol. The third kappa shape index (κ3) is 2.38. The van der Waals surface area contributed by atoms with Crippen LogP contribution in [0.3, 0.4) is 0 Å². The molecular formula is C12H21NO. The number of aliphatic hydroxyl groups is 1. The number of nitrogens with zero attached hydrogens (tertiary/aromatic N) is 1. The molecule has 0 radical (unpaired) electrons. The number of hydrogen-bond acceptors (Lipinski definition) is 1. The summed E-state index contributed by atoms with van der Waals surface area (Å²) in [7, 11) is 0. The largest absolute Gasteiger partial charge is 0.392 e. The fourth-order valence-corrected chi connectivity index (χ4v) is 1.76. The second kappa shape index (κ2) is 4.65. The average Bonchev–Trinajstić information content (AvgIpc) is 2.39. The molecule has 2 nitrogen and oxygen atoms in total. The zero-order valence-corrected chi connectivity index (χ0v) is 9.67. The van der Waals surface area contributed by atoms with E-state index in [4.69, 9.17) is 5.11 Å². The van der Waals surface area contributed by atoms with Crippen LogP contribution < -0.4 is 0 Å². The molecule has 1 aromatic rings. The minimum Gasteiger partial charge on any atom is -0.392 e. The van der Waals surface area contributed by atoms with Crippen LogP contribution in [0.25, 0.3) is 0 Å². The molecule has 0 spiro atoms. The van der Waals surface area contributed by atoms with E-state index in [2.05, 4.69) is 38.3 Å². The van der Waals surface area contributed by atoms with Crippen LogP contribution in [-0.2, 0) is 13.2 Å². The Hall–Kier alpha value is -0.760. The van der Waals surface area contributed by atoms with Crippen LogP contribution in [0.2, 0.25) is 0 Å². The molecule has 0 aromatic carbocycles. The van der Waals surface area contributed by atoms with Gasteiger partial charge in [0.1, 0.15) is 0 Å². The molecular weight excluding hydrogens is 174 g/mol. The molecule has 0 bridgehead atoms. The first kappa shape index (κ1) is 11.3. The van der Waals surface area contributed by atoms with Gasteiger partial charge in [0.2, 0.25) is 0 Å². The summed E-state index contributed by atoms with van der Waals surface area (Å²) in [5, 5.41) is 9.12. The molecule has 14 heavy (non-hydrogen) atoms. The Morgan fingerprint density at radius 2 is 2.00 bits per heavy atom. The maximum absolute atomic E-state index is 9.12. The number of aliphatic hydroxyl groups excluding tert-OH is 1. The zero-order chi connectivity index (χ0) is 10.7. The second-order valence-corrected chi connectivity index (χ2v) is 4.39. The summed E-state index contributed by atoms with van der Waals surface area (Å²) < 4.78 is 2.30. The van der Waals surface area contributed by atoms with Crippen LogP contribution in [0.15, 0.2) is 6.07 Å². The number of aromatic nitrogens is 1. The summed E-state index contributed by atoms with van der Waals surface area (Å²) in [6.07, 6.45) is 1.20. The van der Waals surface area contributed by atoms with Crippen molar-refractivity contribution in [3.8, 4) is 0 Å². The molecule has 1 N–H and O–H groups in total. The van der Waals surface area contributed by atoms with E-state index < -0.39 is 0 Å². The van der Waals surface area contributed by atoms with Crippen molar-refractivity contribution < 1.29 is 5.11 Å². The molecule has 80 valence electrons. The lowest BCUT2D eigenvalue weighted by Gasteiger charge is -2.11. The van der Waals surface area contributed by atoms with Gasteiger partial charge < -0.3 is 9.67 Å². The van der Waals surface area contributed by atoms with Gasteiger partial charge in [-0.15, -0.1) is 0 Å². The van der Waals surface area contributed by atoms with Gasteiger partial charge >= 0.3 is 0 Å². The minimum atomic E-state index is 0.154. The molecule has 0 unspecified atom stereocenters. The Morgan fingerprint density at radius 1 is 1.36 bits per heavy atom. The molecule has 1 aromatic heterocycles. The van der Waals surface area contributed by atoms with Gasteiger partial charge in [0.25, 0.3) is 0 Å². The van der Waals surface area contributed by atoms with Crippen molar-refractivity contribution in [3.05, 3.63) is 23.0 Å². The fraction of sp³-hybridized carbons (Fsp3) is 0.667. The van der Waals surface area contributed by atoms with Gasteiger partial charge in [-0.25, -0.2) is 0 Å². The molecule has 0 amide bonds. The Labute approximate surface area is 86.6 Å². The highest BCUT2D eigenvalue weighted by Crippen LogP contribution is 2.16. The summed E-state index contributed by atoms with van der Waals surface area (Å²) in [6, 6.07) is 2.08. The van der Waals surface area contributed by atoms with Crippen molar-refractivity contribution in [1.29, 1.82) is 0 Å². The summed E-state index contributed by atoms with van der Waals surface area (Å²) in [6.45, 7) is 9.88. The van der Waals surface area contributed by atoms with E-state index in [0.29, 0.717) is 0 Å². The number of aryl methyl sites for hydroxylation is 1. The van der Waals surface area contributed by atoms with Crippen LogP contribution >= 0.6 is 0 Å². The molecule has 0 saturated heterocycles. The number of rotatable bonds is 4. The highest BCUT2D eigenvalue weighted by Gasteiger charge is 2.07.